The molecule has 0 saturated carbocycles. The minimum Gasteiger partial charge on any atom is -0.481 e. The summed E-state index contributed by atoms with van der Waals surface area (Å²) in [5, 5.41) is 49.7. The summed E-state index contributed by atoms with van der Waals surface area (Å²) in [6.45, 7) is 3.63. The van der Waals surface area contributed by atoms with Crippen LogP contribution in [0.2, 0.25) is 0 Å². The van der Waals surface area contributed by atoms with Gasteiger partial charge < -0.3 is 35.0 Å². The van der Waals surface area contributed by atoms with Crippen molar-refractivity contribution in [2.75, 3.05) is 6.61 Å². The standard InChI is InChI=1S/C26H34O8/c1-3-7-16(4-2)18-10-6-11-19(17-9-5-8-15(12-17)13-21(28)29)25(18)34-26-24(32)23(31)22(30)20(14-27)33-26/h5-6,8-12,16,20,22-24,26-27,30-32H,3-4,7,13-14H2,1-2H3,(H,28,29)/t16-,20+,22+,23-,24-,26+/m0/s1. The average Bonchev–Trinajstić information content (AvgIpc) is 2.82. The summed E-state index contributed by atoms with van der Waals surface area (Å²) < 4.78 is 11.8. The van der Waals surface area contributed by atoms with Gasteiger partial charge in [-0.1, -0.05) is 62.7 Å². The zero-order chi connectivity index (χ0) is 24.8. The van der Waals surface area contributed by atoms with Gasteiger partial charge in [-0.3, -0.25) is 4.79 Å². The molecule has 3 rings (SSSR count). The number of carboxylic acid groups (broad SMARTS) is 1. The lowest BCUT2D eigenvalue weighted by molar-refractivity contribution is -0.277. The molecule has 0 unspecified atom stereocenters. The normalized spacial score (nSPS) is 25.6. The molecule has 0 aliphatic carbocycles. The number of rotatable bonds is 10. The van der Waals surface area contributed by atoms with Crippen LogP contribution in [0.1, 0.15) is 50.2 Å². The number of hydrogen-bond donors (Lipinski definition) is 5. The van der Waals surface area contributed by atoms with Crippen LogP contribution in [0.5, 0.6) is 5.75 Å². The van der Waals surface area contributed by atoms with E-state index in [0.29, 0.717) is 16.9 Å². The van der Waals surface area contributed by atoms with E-state index in [1.165, 1.54) is 0 Å². The first-order valence-corrected chi connectivity index (χ1v) is 11.7. The molecule has 8 heteroatoms. The predicted molar refractivity (Wildman–Crippen MR) is 126 cm³/mol. The molecule has 2 aromatic carbocycles. The molecule has 6 atom stereocenters. The van der Waals surface area contributed by atoms with Gasteiger partial charge in [0.25, 0.3) is 0 Å². The molecule has 1 saturated heterocycles. The summed E-state index contributed by atoms with van der Waals surface area (Å²) in [5.41, 5.74) is 2.97. The van der Waals surface area contributed by atoms with Gasteiger partial charge in [-0.05, 0) is 35.4 Å². The number of para-hydroxylation sites is 1. The van der Waals surface area contributed by atoms with Gasteiger partial charge >= 0.3 is 5.97 Å². The molecule has 186 valence electrons. The van der Waals surface area contributed by atoms with Crippen molar-refractivity contribution in [3.05, 3.63) is 53.6 Å². The topological polar surface area (TPSA) is 137 Å². The number of carbonyl (C=O) groups is 1. The van der Waals surface area contributed by atoms with Gasteiger partial charge in [0.1, 0.15) is 30.2 Å². The molecular formula is C26H34O8. The highest BCUT2D eigenvalue weighted by molar-refractivity contribution is 5.75. The van der Waals surface area contributed by atoms with E-state index >= 15 is 0 Å². The SMILES string of the molecule is CCC[C@H](CC)c1cccc(-c2cccc(CC(=O)O)c2)c1O[C@H]1O[C@H](CO)[C@@H](O)[C@H](O)[C@@H]1O. The fourth-order valence-corrected chi connectivity index (χ4v) is 4.47. The molecule has 0 bridgehead atoms. The summed E-state index contributed by atoms with van der Waals surface area (Å²) in [6, 6.07) is 12.9. The second kappa shape index (κ2) is 11.8. The van der Waals surface area contributed by atoms with Crippen molar-refractivity contribution in [2.45, 2.75) is 76.2 Å². The molecule has 1 aliphatic rings. The molecule has 8 nitrogen and oxygen atoms in total. The second-order valence-electron chi connectivity index (χ2n) is 8.70. The molecule has 5 N–H and O–H groups in total. The Bertz CT molecular complexity index is 960. The van der Waals surface area contributed by atoms with E-state index in [1.807, 2.05) is 24.3 Å². The first kappa shape index (κ1) is 26.1. The van der Waals surface area contributed by atoms with Crippen molar-refractivity contribution < 1.29 is 39.8 Å². The van der Waals surface area contributed by atoms with Gasteiger partial charge in [0.2, 0.25) is 6.29 Å². The Morgan fingerprint density at radius 1 is 1.06 bits per heavy atom. The molecule has 1 aliphatic heterocycles. The van der Waals surface area contributed by atoms with E-state index in [0.717, 1.165) is 30.4 Å². The fourth-order valence-electron chi connectivity index (χ4n) is 4.47. The van der Waals surface area contributed by atoms with Crippen LogP contribution in [0.4, 0.5) is 0 Å². The van der Waals surface area contributed by atoms with Crippen LogP contribution in [0.3, 0.4) is 0 Å². The Labute approximate surface area is 199 Å². The number of hydrogen-bond acceptors (Lipinski definition) is 7. The summed E-state index contributed by atoms with van der Waals surface area (Å²) in [6.07, 6.45) is -4.39. The minimum atomic E-state index is -1.55. The smallest absolute Gasteiger partial charge is 0.307 e. The third-order valence-electron chi connectivity index (χ3n) is 6.29. The van der Waals surface area contributed by atoms with Gasteiger partial charge in [-0.15, -0.1) is 0 Å². The van der Waals surface area contributed by atoms with Gasteiger partial charge in [0.15, 0.2) is 0 Å². The number of aliphatic hydroxyl groups excluding tert-OH is 4. The maximum Gasteiger partial charge on any atom is 0.307 e. The largest absolute Gasteiger partial charge is 0.481 e. The van der Waals surface area contributed by atoms with E-state index in [2.05, 4.69) is 13.8 Å². The van der Waals surface area contributed by atoms with E-state index in [1.54, 1.807) is 18.2 Å². The lowest BCUT2D eigenvalue weighted by Crippen LogP contribution is -2.60. The van der Waals surface area contributed by atoms with E-state index in [-0.39, 0.29) is 12.3 Å². The number of ether oxygens (including phenoxy) is 2. The predicted octanol–water partition coefficient (Wildman–Crippen LogP) is 2.45. The van der Waals surface area contributed by atoms with Crippen molar-refractivity contribution in [1.29, 1.82) is 0 Å². The second-order valence-corrected chi connectivity index (χ2v) is 8.70. The van der Waals surface area contributed by atoms with E-state index in [4.69, 9.17) is 9.47 Å². The van der Waals surface area contributed by atoms with Crippen LogP contribution in [0.25, 0.3) is 11.1 Å². The Balaban J connectivity index is 2.08. The van der Waals surface area contributed by atoms with Crippen LogP contribution < -0.4 is 4.74 Å². The highest BCUT2D eigenvalue weighted by atomic mass is 16.7. The van der Waals surface area contributed by atoms with Gasteiger partial charge in [0, 0.05) is 5.56 Å². The Morgan fingerprint density at radius 3 is 2.44 bits per heavy atom. The first-order chi connectivity index (χ1) is 16.3. The van der Waals surface area contributed by atoms with E-state index < -0.39 is 43.3 Å². The Hall–Kier alpha value is -2.49. The lowest BCUT2D eigenvalue weighted by atomic mass is 9.88. The summed E-state index contributed by atoms with van der Waals surface area (Å²) in [7, 11) is 0. The quantitative estimate of drug-likeness (QED) is 0.354. The number of carboxylic acids is 1. The van der Waals surface area contributed by atoms with Crippen LogP contribution in [-0.2, 0) is 16.0 Å². The number of aliphatic carboxylic acids is 1. The third kappa shape index (κ3) is 5.76. The van der Waals surface area contributed by atoms with Crippen molar-refractivity contribution in [3.8, 4) is 16.9 Å². The maximum atomic E-state index is 11.2. The van der Waals surface area contributed by atoms with Crippen LogP contribution >= 0.6 is 0 Å². The summed E-state index contributed by atoms with van der Waals surface area (Å²) in [4.78, 5) is 11.2. The van der Waals surface area contributed by atoms with Gasteiger partial charge in [0.05, 0.1) is 13.0 Å². The summed E-state index contributed by atoms with van der Waals surface area (Å²) in [5.74, 6) is -0.315. The Kier molecular flexibility index (Phi) is 9.04. The van der Waals surface area contributed by atoms with Crippen molar-refractivity contribution in [3.63, 3.8) is 0 Å². The monoisotopic (exact) mass is 474 g/mol. The molecular weight excluding hydrogens is 440 g/mol. The molecule has 1 heterocycles. The fraction of sp³-hybridized carbons (Fsp3) is 0.500. The molecule has 34 heavy (non-hydrogen) atoms. The van der Waals surface area contributed by atoms with Crippen molar-refractivity contribution in [2.24, 2.45) is 0 Å². The highest BCUT2D eigenvalue weighted by Gasteiger charge is 2.45. The molecule has 0 radical (unpaired) electrons. The van der Waals surface area contributed by atoms with E-state index in [9.17, 15) is 30.3 Å². The maximum absolute atomic E-state index is 11.2. The zero-order valence-corrected chi connectivity index (χ0v) is 19.5. The minimum absolute atomic E-state index is 0.121. The third-order valence-corrected chi connectivity index (χ3v) is 6.29. The highest BCUT2D eigenvalue weighted by Crippen LogP contribution is 2.41. The van der Waals surface area contributed by atoms with Crippen molar-refractivity contribution in [1.82, 2.24) is 0 Å². The number of aliphatic hydroxyl groups is 4. The van der Waals surface area contributed by atoms with Crippen LogP contribution in [0, 0.1) is 0 Å². The molecule has 2 aromatic rings. The molecule has 0 aromatic heterocycles. The Morgan fingerprint density at radius 2 is 1.79 bits per heavy atom. The number of benzene rings is 2. The van der Waals surface area contributed by atoms with Crippen LogP contribution in [0.15, 0.2) is 42.5 Å². The van der Waals surface area contributed by atoms with Gasteiger partial charge in [-0.2, -0.15) is 0 Å². The molecule has 0 spiro atoms. The molecule has 0 amide bonds. The van der Waals surface area contributed by atoms with Gasteiger partial charge in [-0.25, -0.2) is 0 Å². The zero-order valence-electron chi connectivity index (χ0n) is 19.5. The summed E-state index contributed by atoms with van der Waals surface area (Å²) >= 11 is 0. The molecule has 1 fully saturated rings. The lowest BCUT2D eigenvalue weighted by Gasteiger charge is -2.40. The average molecular weight is 475 g/mol. The van der Waals surface area contributed by atoms with Crippen LogP contribution in [-0.4, -0.2) is 68.8 Å². The van der Waals surface area contributed by atoms with Crippen molar-refractivity contribution >= 4 is 5.97 Å². The first-order valence-electron chi connectivity index (χ1n) is 11.7.